The Morgan fingerprint density at radius 1 is 1.42 bits per heavy atom. The van der Waals surface area contributed by atoms with Gasteiger partial charge in [0.15, 0.2) is 5.82 Å². The van der Waals surface area contributed by atoms with Crippen molar-refractivity contribution in [1.82, 2.24) is 10.2 Å². The number of likely N-dealkylation sites (N-methyl/N-ethyl adjacent to an activating group) is 1. The molecule has 1 aliphatic rings. The minimum Gasteiger partial charge on any atom is -0.369 e. The average Bonchev–Trinajstić information content (AvgIpc) is 2.62. The molecule has 1 unspecified atom stereocenters. The first kappa shape index (κ1) is 16.4. The van der Waals surface area contributed by atoms with Crippen molar-refractivity contribution >= 4 is 28.8 Å². The van der Waals surface area contributed by atoms with Crippen LogP contribution in [0.2, 0.25) is 5.02 Å². The Labute approximate surface area is 145 Å². The first-order valence-electron chi connectivity index (χ1n) is 7.75. The van der Waals surface area contributed by atoms with Crippen molar-refractivity contribution in [2.45, 2.75) is 18.9 Å². The summed E-state index contributed by atoms with van der Waals surface area (Å²) in [6, 6.07) is 8.68. The Morgan fingerprint density at radius 2 is 2.25 bits per heavy atom. The molecule has 1 aromatic carbocycles. The SMILES string of the molecule is CN(c1ccc([N+](=O)[O-])cc1Cl)C1CCCN(c2cccnn2)C1. The molecule has 0 N–H and O–H groups in total. The molecule has 0 radical (unpaired) electrons. The van der Waals surface area contributed by atoms with Gasteiger partial charge in [-0.3, -0.25) is 10.1 Å². The highest BCUT2D eigenvalue weighted by Gasteiger charge is 2.26. The van der Waals surface area contributed by atoms with Crippen LogP contribution in [0, 0.1) is 10.1 Å². The van der Waals surface area contributed by atoms with E-state index >= 15 is 0 Å². The van der Waals surface area contributed by atoms with Gasteiger partial charge in [-0.25, -0.2) is 0 Å². The number of hydrogen-bond acceptors (Lipinski definition) is 6. The van der Waals surface area contributed by atoms with E-state index in [0.717, 1.165) is 37.4 Å². The molecule has 1 aromatic heterocycles. The second-order valence-electron chi connectivity index (χ2n) is 5.83. The molecule has 0 spiro atoms. The lowest BCUT2D eigenvalue weighted by molar-refractivity contribution is -0.384. The maximum absolute atomic E-state index is 10.8. The maximum atomic E-state index is 10.8. The topological polar surface area (TPSA) is 75.4 Å². The fourth-order valence-electron chi connectivity index (χ4n) is 3.03. The Bertz CT molecular complexity index is 728. The maximum Gasteiger partial charge on any atom is 0.271 e. The summed E-state index contributed by atoms with van der Waals surface area (Å²) in [5.74, 6) is 0.866. The third-order valence-corrected chi connectivity index (χ3v) is 4.65. The standard InChI is InChI=1S/C16H18ClN5O2/c1-20(15-7-6-12(22(23)24)10-14(15)17)13-4-3-9-21(11-13)16-5-2-8-18-19-16/h2,5-8,10,13H,3-4,9,11H2,1H3. The Morgan fingerprint density at radius 3 is 2.92 bits per heavy atom. The van der Waals surface area contributed by atoms with Crippen molar-refractivity contribution < 1.29 is 4.92 Å². The normalized spacial score (nSPS) is 17.6. The van der Waals surface area contributed by atoms with Crippen LogP contribution in [0.1, 0.15) is 12.8 Å². The Kier molecular flexibility index (Phi) is 4.80. The molecule has 2 aromatic rings. The van der Waals surface area contributed by atoms with E-state index in [4.69, 9.17) is 11.6 Å². The first-order chi connectivity index (χ1) is 11.6. The number of benzene rings is 1. The van der Waals surface area contributed by atoms with Crippen LogP contribution in [0.25, 0.3) is 0 Å². The number of nitro groups is 1. The second kappa shape index (κ2) is 7.00. The van der Waals surface area contributed by atoms with Crippen molar-refractivity contribution in [2.75, 3.05) is 29.9 Å². The van der Waals surface area contributed by atoms with E-state index in [1.807, 2.05) is 19.2 Å². The van der Waals surface area contributed by atoms with Gasteiger partial charge < -0.3 is 9.80 Å². The van der Waals surface area contributed by atoms with E-state index in [9.17, 15) is 10.1 Å². The van der Waals surface area contributed by atoms with Crippen LogP contribution in [0.4, 0.5) is 17.2 Å². The predicted molar refractivity (Wildman–Crippen MR) is 93.8 cm³/mol. The van der Waals surface area contributed by atoms with Gasteiger partial charge in [0.1, 0.15) is 0 Å². The number of non-ortho nitro benzene ring substituents is 1. The van der Waals surface area contributed by atoms with Gasteiger partial charge in [-0.15, -0.1) is 5.10 Å². The monoisotopic (exact) mass is 347 g/mol. The molecular weight excluding hydrogens is 330 g/mol. The number of halogens is 1. The first-order valence-corrected chi connectivity index (χ1v) is 8.13. The molecular formula is C16H18ClN5O2. The Hall–Kier alpha value is -2.41. The number of nitrogens with zero attached hydrogens (tertiary/aromatic N) is 5. The molecule has 0 aliphatic carbocycles. The summed E-state index contributed by atoms with van der Waals surface area (Å²) in [5.41, 5.74) is 0.801. The van der Waals surface area contributed by atoms with Crippen LogP contribution in [-0.4, -0.2) is 41.3 Å². The molecule has 0 saturated carbocycles. The van der Waals surface area contributed by atoms with Crippen molar-refractivity contribution in [3.8, 4) is 0 Å². The van der Waals surface area contributed by atoms with E-state index in [2.05, 4.69) is 20.0 Å². The second-order valence-corrected chi connectivity index (χ2v) is 6.23. The summed E-state index contributed by atoms with van der Waals surface area (Å²) in [6.07, 6.45) is 3.73. The van der Waals surface area contributed by atoms with Gasteiger partial charge in [0, 0.05) is 44.5 Å². The number of hydrogen-bond donors (Lipinski definition) is 0. The lowest BCUT2D eigenvalue weighted by Crippen LogP contribution is -2.47. The van der Waals surface area contributed by atoms with E-state index < -0.39 is 4.92 Å². The molecule has 0 amide bonds. The number of nitro benzene ring substituents is 1. The smallest absolute Gasteiger partial charge is 0.271 e. The number of aromatic nitrogens is 2. The molecule has 24 heavy (non-hydrogen) atoms. The van der Waals surface area contributed by atoms with Crippen LogP contribution in [-0.2, 0) is 0 Å². The third kappa shape index (κ3) is 3.41. The van der Waals surface area contributed by atoms with Crippen molar-refractivity contribution in [3.05, 3.63) is 51.7 Å². The lowest BCUT2D eigenvalue weighted by Gasteiger charge is -2.39. The van der Waals surface area contributed by atoms with E-state index in [1.54, 1.807) is 12.3 Å². The van der Waals surface area contributed by atoms with Crippen LogP contribution < -0.4 is 9.80 Å². The van der Waals surface area contributed by atoms with Crippen molar-refractivity contribution in [3.63, 3.8) is 0 Å². The van der Waals surface area contributed by atoms with Gasteiger partial charge in [-0.05, 0) is 31.0 Å². The Balaban J connectivity index is 1.77. The zero-order valence-electron chi connectivity index (χ0n) is 13.3. The number of piperidine rings is 1. The predicted octanol–water partition coefficient (Wildman–Crippen LogP) is 3.14. The molecule has 3 rings (SSSR count). The summed E-state index contributed by atoms with van der Waals surface area (Å²) < 4.78 is 0. The van der Waals surface area contributed by atoms with E-state index in [-0.39, 0.29) is 11.7 Å². The van der Waals surface area contributed by atoms with Gasteiger partial charge >= 0.3 is 0 Å². The van der Waals surface area contributed by atoms with Crippen LogP contribution >= 0.6 is 11.6 Å². The average molecular weight is 348 g/mol. The van der Waals surface area contributed by atoms with Crippen LogP contribution in [0.5, 0.6) is 0 Å². The summed E-state index contributed by atoms with van der Waals surface area (Å²) >= 11 is 6.26. The summed E-state index contributed by atoms with van der Waals surface area (Å²) in [7, 11) is 1.97. The summed E-state index contributed by atoms with van der Waals surface area (Å²) in [5, 5.41) is 19.4. The molecule has 1 fully saturated rings. The molecule has 8 heteroatoms. The quantitative estimate of drug-likeness (QED) is 0.624. The van der Waals surface area contributed by atoms with Gasteiger partial charge in [0.2, 0.25) is 0 Å². The molecule has 126 valence electrons. The minimum atomic E-state index is -0.438. The highest BCUT2D eigenvalue weighted by molar-refractivity contribution is 6.33. The van der Waals surface area contributed by atoms with Crippen molar-refractivity contribution in [1.29, 1.82) is 0 Å². The molecule has 0 bridgehead atoms. The van der Waals surface area contributed by atoms with Gasteiger partial charge in [0.25, 0.3) is 5.69 Å². The van der Waals surface area contributed by atoms with E-state index in [0.29, 0.717) is 5.02 Å². The zero-order valence-corrected chi connectivity index (χ0v) is 14.1. The van der Waals surface area contributed by atoms with Gasteiger partial charge in [-0.2, -0.15) is 5.10 Å². The minimum absolute atomic E-state index is 0.00183. The molecule has 1 atom stereocenters. The summed E-state index contributed by atoms with van der Waals surface area (Å²) in [4.78, 5) is 14.7. The summed E-state index contributed by atoms with van der Waals surface area (Å²) in [6.45, 7) is 1.75. The fourth-order valence-corrected chi connectivity index (χ4v) is 3.34. The number of anilines is 2. The number of rotatable bonds is 4. The third-order valence-electron chi connectivity index (χ3n) is 4.35. The van der Waals surface area contributed by atoms with E-state index in [1.165, 1.54) is 12.1 Å². The van der Waals surface area contributed by atoms with Gasteiger partial charge in [-0.1, -0.05) is 11.6 Å². The highest BCUT2D eigenvalue weighted by Crippen LogP contribution is 2.32. The van der Waals surface area contributed by atoms with Crippen LogP contribution in [0.3, 0.4) is 0 Å². The van der Waals surface area contributed by atoms with Gasteiger partial charge in [0.05, 0.1) is 15.6 Å². The van der Waals surface area contributed by atoms with Crippen molar-refractivity contribution in [2.24, 2.45) is 0 Å². The highest BCUT2D eigenvalue weighted by atomic mass is 35.5. The molecule has 2 heterocycles. The molecule has 1 aliphatic heterocycles. The zero-order chi connectivity index (χ0) is 17.1. The fraction of sp³-hybridized carbons (Fsp3) is 0.375. The molecule has 7 nitrogen and oxygen atoms in total. The largest absolute Gasteiger partial charge is 0.369 e. The van der Waals surface area contributed by atoms with Crippen LogP contribution in [0.15, 0.2) is 36.5 Å². The lowest BCUT2D eigenvalue weighted by atomic mass is 10.0. The molecule has 1 saturated heterocycles.